The molecular weight excluding hydrogens is 435 g/mol. The predicted octanol–water partition coefficient (Wildman–Crippen LogP) is 0.832. The third-order valence-corrected chi connectivity index (χ3v) is 6.00. The number of nitrogens with zero attached hydrogens (tertiary/aromatic N) is 2. The predicted molar refractivity (Wildman–Crippen MR) is 117 cm³/mol. The summed E-state index contributed by atoms with van der Waals surface area (Å²) in [5, 5.41) is 24.2. The van der Waals surface area contributed by atoms with Gasteiger partial charge in [0.1, 0.15) is 12.1 Å². The van der Waals surface area contributed by atoms with Crippen molar-refractivity contribution in [1.29, 1.82) is 5.26 Å². The summed E-state index contributed by atoms with van der Waals surface area (Å²) in [6.07, 6.45) is -0.642. The monoisotopic (exact) mass is 462 g/mol. The van der Waals surface area contributed by atoms with Crippen molar-refractivity contribution in [3.8, 4) is 6.07 Å². The third-order valence-electron chi connectivity index (χ3n) is 5.74. The molecule has 8 nitrogen and oxygen atoms in total. The second kappa shape index (κ2) is 9.08. The van der Waals surface area contributed by atoms with Crippen molar-refractivity contribution in [3.05, 3.63) is 35.4 Å². The van der Waals surface area contributed by atoms with Crippen LogP contribution >= 0.6 is 12.6 Å². The molecule has 1 aliphatic carbocycles. The zero-order valence-corrected chi connectivity index (χ0v) is 18.9. The molecule has 10 heteroatoms. The molecular formula is C22H27FN4O4S. The number of likely N-dealkylation sites (tertiary alicyclic amines) is 1. The molecule has 3 atom stereocenters. The first-order valence-corrected chi connectivity index (χ1v) is 10.9. The number of aliphatic hydroxyl groups is 1. The molecule has 1 aliphatic heterocycles. The molecule has 1 unspecified atom stereocenters. The molecule has 1 saturated heterocycles. The van der Waals surface area contributed by atoms with E-state index >= 15 is 0 Å². The number of β-amino-alcohol motifs (C(OH)–C–C–N with tert-alkyl or cyclic N) is 1. The first-order chi connectivity index (χ1) is 14.9. The van der Waals surface area contributed by atoms with Crippen LogP contribution in [0, 0.1) is 11.3 Å². The molecule has 1 aromatic carbocycles. The smallest absolute Gasteiger partial charge is 0.258 e. The Kier molecular flexibility index (Phi) is 6.81. The van der Waals surface area contributed by atoms with Crippen LogP contribution in [0.3, 0.4) is 0 Å². The summed E-state index contributed by atoms with van der Waals surface area (Å²) < 4.78 is 13.1. The standard InChI is InChI=1S/C22H27FN4O4S/c1-21(2,32)17(26-20(31)22(23)7-8-22)19(30)27-12-15(28)9-16(27)18(29)25-11-14-5-3-13(10-24)4-6-14/h3-6,15-17,28,32H,7-9,11-12H2,1-2H3,(H,25,29)(H,26,31)/t15-,16+,17?/m1/s1. The topological polar surface area (TPSA) is 123 Å². The second-order valence-electron chi connectivity index (χ2n) is 8.95. The number of benzene rings is 1. The van der Waals surface area contributed by atoms with E-state index in [0.29, 0.717) is 5.56 Å². The Labute approximate surface area is 191 Å². The average Bonchev–Trinajstić information content (AvgIpc) is 3.38. The van der Waals surface area contributed by atoms with E-state index < -0.39 is 46.3 Å². The first-order valence-electron chi connectivity index (χ1n) is 10.4. The zero-order chi connectivity index (χ0) is 23.7. The highest BCUT2D eigenvalue weighted by Crippen LogP contribution is 2.40. The van der Waals surface area contributed by atoms with E-state index in [1.807, 2.05) is 6.07 Å². The van der Waals surface area contributed by atoms with Crippen molar-refractivity contribution in [3.63, 3.8) is 0 Å². The maximum atomic E-state index is 14.2. The van der Waals surface area contributed by atoms with Crippen LogP contribution in [0.4, 0.5) is 4.39 Å². The maximum Gasteiger partial charge on any atom is 0.258 e. The van der Waals surface area contributed by atoms with Gasteiger partial charge in [0.25, 0.3) is 5.91 Å². The minimum atomic E-state index is -1.96. The Bertz CT molecular complexity index is 937. The SMILES string of the molecule is CC(C)(S)C(NC(=O)C1(F)CC1)C(=O)N1C[C@H](O)C[C@H]1C(=O)NCc1ccc(C#N)cc1. The molecule has 1 aromatic rings. The molecule has 0 radical (unpaired) electrons. The molecule has 32 heavy (non-hydrogen) atoms. The minimum Gasteiger partial charge on any atom is -0.391 e. The number of alkyl halides is 1. The van der Waals surface area contributed by atoms with E-state index in [2.05, 4.69) is 23.3 Å². The van der Waals surface area contributed by atoms with Crippen molar-refractivity contribution in [2.75, 3.05) is 6.54 Å². The van der Waals surface area contributed by atoms with Gasteiger partial charge in [-0.1, -0.05) is 12.1 Å². The Morgan fingerprint density at radius 3 is 2.50 bits per heavy atom. The number of halogens is 1. The van der Waals surface area contributed by atoms with Crippen LogP contribution in [0.15, 0.2) is 24.3 Å². The van der Waals surface area contributed by atoms with E-state index in [1.54, 1.807) is 38.1 Å². The van der Waals surface area contributed by atoms with E-state index in [1.165, 1.54) is 4.90 Å². The van der Waals surface area contributed by atoms with Gasteiger partial charge in [0.2, 0.25) is 11.8 Å². The molecule has 2 aliphatic rings. The van der Waals surface area contributed by atoms with Crippen LogP contribution in [0.2, 0.25) is 0 Å². The molecule has 1 heterocycles. The molecule has 3 amide bonds. The van der Waals surface area contributed by atoms with Crippen LogP contribution < -0.4 is 10.6 Å². The number of carbonyl (C=O) groups is 3. The Morgan fingerprint density at radius 1 is 1.34 bits per heavy atom. The number of rotatable bonds is 7. The van der Waals surface area contributed by atoms with Crippen molar-refractivity contribution in [2.45, 2.75) is 68.3 Å². The summed E-state index contributed by atoms with van der Waals surface area (Å²) in [6.45, 7) is 3.33. The molecule has 0 bridgehead atoms. The van der Waals surface area contributed by atoms with Crippen molar-refractivity contribution >= 4 is 30.4 Å². The first kappa shape index (κ1) is 24.0. The Balaban J connectivity index is 1.70. The normalized spacial score (nSPS) is 22.6. The van der Waals surface area contributed by atoms with Crippen LogP contribution in [0.5, 0.6) is 0 Å². The fraction of sp³-hybridized carbons (Fsp3) is 0.545. The van der Waals surface area contributed by atoms with Crippen molar-refractivity contribution < 1.29 is 23.9 Å². The Hall–Kier alpha value is -2.64. The lowest BCUT2D eigenvalue weighted by Gasteiger charge is -2.35. The van der Waals surface area contributed by atoms with Gasteiger partial charge in [-0.2, -0.15) is 17.9 Å². The fourth-order valence-corrected chi connectivity index (χ4v) is 3.79. The second-order valence-corrected chi connectivity index (χ2v) is 10.1. The van der Waals surface area contributed by atoms with Crippen LogP contribution in [-0.2, 0) is 20.9 Å². The minimum absolute atomic E-state index is 0.0473. The van der Waals surface area contributed by atoms with Gasteiger partial charge in [-0.15, -0.1) is 0 Å². The number of amides is 3. The van der Waals surface area contributed by atoms with Gasteiger partial charge in [-0.25, -0.2) is 4.39 Å². The van der Waals surface area contributed by atoms with E-state index in [4.69, 9.17) is 5.26 Å². The highest BCUT2D eigenvalue weighted by molar-refractivity contribution is 7.81. The number of hydrogen-bond acceptors (Lipinski definition) is 6. The summed E-state index contributed by atoms with van der Waals surface area (Å²) >= 11 is 4.41. The molecule has 3 N–H and O–H groups in total. The number of thiol groups is 1. The molecule has 0 aromatic heterocycles. The lowest BCUT2D eigenvalue weighted by atomic mass is 10.0. The van der Waals surface area contributed by atoms with Gasteiger partial charge in [-0.3, -0.25) is 14.4 Å². The van der Waals surface area contributed by atoms with Crippen molar-refractivity contribution in [2.24, 2.45) is 0 Å². The van der Waals surface area contributed by atoms with Crippen LogP contribution in [0.25, 0.3) is 0 Å². The van der Waals surface area contributed by atoms with Gasteiger partial charge < -0.3 is 20.6 Å². The van der Waals surface area contributed by atoms with Gasteiger partial charge in [0.15, 0.2) is 5.67 Å². The summed E-state index contributed by atoms with van der Waals surface area (Å²) in [7, 11) is 0. The fourth-order valence-electron chi connectivity index (χ4n) is 3.61. The van der Waals surface area contributed by atoms with Gasteiger partial charge in [0.05, 0.1) is 17.7 Å². The lowest BCUT2D eigenvalue weighted by Crippen LogP contribution is -2.60. The lowest BCUT2D eigenvalue weighted by molar-refractivity contribution is -0.143. The molecule has 172 valence electrons. The molecule has 1 saturated carbocycles. The summed E-state index contributed by atoms with van der Waals surface area (Å²) in [6, 6.07) is 6.60. The largest absolute Gasteiger partial charge is 0.391 e. The van der Waals surface area contributed by atoms with Gasteiger partial charge in [0, 0.05) is 24.3 Å². The van der Waals surface area contributed by atoms with E-state index in [9.17, 15) is 23.9 Å². The number of hydrogen-bond donors (Lipinski definition) is 4. The molecule has 0 spiro atoms. The summed E-state index contributed by atoms with van der Waals surface area (Å²) in [4.78, 5) is 39.6. The maximum absolute atomic E-state index is 14.2. The number of nitrogens with one attached hydrogen (secondary N) is 2. The van der Waals surface area contributed by atoms with Gasteiger partial charge >= 0.3 is 0 Å². The van der Waals surface area contributed by atoms with Crippen LogP contribution in [0.1, 0.15) is 44.2 Å². The summed E-state index contributed by atoms with van der Waals surface area (Å²) in [5.41, 5.74) is -0.687. The number of nitriles is 1. The third kappa shape index (κ3) is 5.40. The highest BCUT2D eigenvalue weighted by atomic mass is 32.1. The van der Waals surface area contributed by atoms with Gasteiger partial charge in [-0.05, 0) is 44.4 Å². The zero-order valence-electron chi connectivity index (χ0n) is 18.0. The number of carbonyl (C=O) groups excluding carboxylic acids is 3. The average molecular weight is 463 g/mol. The van der Waals surface area contributed by atoms with E-state index in [0.717, 1.165) is 5.56 Å². The molecule has 2 fully saturated rings. The quantitative estimate of drug-likeness (QED) is 0.447. The molecule has 3 rings (SSSR count). The number of aliphatic hydroxyl groups excluding tert-OH is 1. The van der Waals surface area contributed by atoms with Crippen molar-refractivity contribution in [1.82, 2.24) is 15.5 Å². The Morgan fingerprint density at radius 2 is 1.97 bits per heavy atom. The highest BCUT2D eigenvalue weighted by Gasteiger charge is 2.53. The van der Waals surface area contributed by atoms with Crippen LogP contribution in [-0.4, -0.2) is 62.9 Å². The van der Waals surface area contributed by atoms with E-state index in [-0.39, 0.29) is 32.4 Å². The summed E-state index contributed by atoms with van der Waals surface area (Å²) in [5.74, 6) is -1.91.